The first-order valence-electron chi connectivity index (χ1n) is 9.55. The number of amides is 1. The largest absolute Gasteiger partial charge is 0.480 e. The number of benzene rings is 2. The maximum atomic E-state index is 12.2. The van der Waals surface area contributed by atoms with Crippen LogP contribution in [-0.4, -0.2) is 41.0 Å². The Morgan fingerprint density at radius 1 is 1.07 bits per heavy atom. The normalized spacial score (nSPS) is 14.6. The zero-order valence-electron chi connectivity index (χ0n) is 15.8. The Morgan fingerprint density at radius 2 is 1.64 bits per heavy atom. The van der Waals surface area contributed by atoms with Crippen molar-refractivity contribution in [2.75, 3.05) is 6.61 Å². The zero-order chi connectivity index (χ0) is 20.1. The first kappa shape index (κ1) is 19.9. The maximum Gasteiger partial charge on any atom is 0.407 e. The minimum Gasteiger partial charge on any atom is -0.480 e. The van der Waals surface area contributed by atoms with Crippen LogP contribution in [0.5, 0.6) is 0 Å². The number of carbonyl (C=O) groups excluding carboxylic acids is 1. The minimum atomic E-state index is -1.39. The molecule has 28 heavy (non-hydrogen) atoms. The average molecular weight is 383 g/mol. The number of carboxylic acids is 1. The fourth-order valence-corrected chi connectivity index (χ4v) is 3.67. The van der Waals surface area contributed by atoms with Crippen molar-refractivity contribution in [3.05, 3.63) is 59.7 Å². The van der Waals surface area contributed by atoms with Crippen LogP contribution >= 0.6 is 0 Å². The zero-order valence-corrected chi connectivity index (χ0v) is 15.8. The highest BCUT2D eigenvalue weighted by Crippen LogP contribution is 2.44. The summed E-state index contributed by atoms with van der Waals surface area (Å²) in [6, 6.07) is 14.6. The van der Waals surface area contributed by atoms with Crippen molar-refractivity contribution in [1.29, 1.82) is 0 Å². The van der Waals surface area contributed by atoms with Gasteiger partial charge in [-0.2, -0.15) is 0 Å². The van der Waals surface area contributed by atoms with Crippen LogP contribution in [0.1, 0.15) is 43.2 Å². The molecule has 0 aromatic heterocycles. The number of aliphatic hydroxyl groups excluding tert-OH is 1. The predicted octanol–water partition coefficient (Wildman–Crippen LogP) is 3.53. The lowest BCUT2D eigenvalue weighted by molar-refractivity contribution is -0.142. The molecule has 0 saturated carbocycles. The molecule has 0 heterocycles. The molecule has 0 spiro atoms. The lowest BCUT2D eigenvalue weighted by Crippen LogP contribution is -2.49. The van der Waals surface area contributed by atoms with Gasteiger partial charge in [-0.3, -0.25) is 0 Å². The van der Waals surface area contributed by atoms with Crippen molar-refractivity contribution < 1.29 is 24.5 Å². The molecule has 1 aliphatic carbocycles. The Morgan fingerprint density at radius 3 is 2.18 bits per heavy atom. The molecule has 3 N–H and O–H groups in total. The number of rotatable bonds is 8. The average Bonchev–Trinajstić information content (AvgIpc) is 3.02. The molecule has 3 rings (SSSR count). The smallest absolute Gasteiger partial charge is 0.407 e. The highest BCUT2D eigenvalue weighted by molar-refractivity contribution is 5.81. The second kappa shape index (κ2) is 8.89. The van der Waals surface area contributed by atoms with Gasteiger partial charge in [0, 0.05) is 5.92 Å². The maximum absolute atomic E-state index is 12.2. The quantitative estimate of drug-likeness (QED) is 0.648. The number of carbonyl (C=O) groups is 2. The van der Waals surface area contributed by atoms with Crippen molar-refractivity contribution in [3.63, 3.8) is 0 Å². The Kier molecular flexibility index (Phi) is 6.31. The molecular formula is C22H25NO5. The number of carboxylic acid groups (broad SMARTS) is 1. The van der Waals surface area contributed by atoms with Crippen molar-refractivity contribution in [2.45, 2.75) is 44.2 Å². The molecule has 2 aromatic rings. The van der Waals surface area contributed by atoms with E-state index >= 15 is 0 Å². The topological polar surface area (TPSA) is 95.9 Å². The second-order valence-electron chi connectivity index (χ2n) is 7.00. The highest BCUT2D eigenvalue weighted by atomic mass is 16.5. The summed E-state index contributed by atoms with van der Waals surface area (Å²) in [6.45, 7) is 2.04. The van der Waals surface area contributed by atoms with E-state index in [1.54, 1.807) is 0 Å². The Bertz CT molecular complexity index is 805. The highest BCUT2D eigenvalue weighted by Gasteiger charge is 2.31. The van der Waals surface area contributed by atoms with E-state index in [-0.39, 0.29) is 12.5 Å². The summed E-state index contributed by atoms with van der Waals surface area (Å²) in [4.78, 5) is 23.6. The van der Waals surface area contributed by atoms with Crippen molar-refractivity contribution in [1.82, 2.24) is 5.32 Å². The number of fused-ring (bicyclic) bond motifs is 3. The van der Waals surface area contributed by atoms with E-state index in [2.05, 4.69) is 5.32 Å². The van der Waals surface area contributed by atoms with Crippen LogP contribution in [0.4, 0.5) is 4.79 Å². The number of nitrogens with one attached hydrogen (secondary N) is 1. The SMILES string of the molecule is CCCC[C@@H](O)[C@H](NC(=O)OCC1c2ccccc2-c2ccccc21)C(=O)O. The molecule has 6 heteroatoms. The van der Waals surface area contributed by atoms with Gasteiger partial charge in [-0.05, 0) is 28.7 Å². The van der Waals surface area contributed by atoms with Crippen molar-refractivity contribution >= 4 is 12.1 Å². The van der Waals surface area contributed by atoms with Gasteiger partial charge < -0.3 is 20.3 Å². The summed E-state index contributed by atoms with van der Waals surface area (Å²) in [5, 5.41) is 21.6. The molecular weight excluding hydrogens is 358 g/mol. The molecule has 2 aromatic carbocycles. The van der Waals surface area contributed by atoms with Crippen LogP contribution in [0.2, 0.25) is 0 Å². The number of alkyl carbamates (subject to hydrolysis) is 1. The van der Waals surface area contributed by atoms with E-state index in [4.69, 9.17) is 4.74 Å². The first-order valence-corrected chi connectivity index (χ1v) is 9.55. The van der Waals surface area contributed by atoms with Gasteiger partial charge in [0.15, 0.2) is 6.04 Å². The number of hydrogen-bond donors (Lipinski definition) is 3. The van der Waals surface area contributed by atoms with E-state index in [0.29, 0.717) is 12.8 Å². The summed E-state index contributed by atoms with van der Waals surface area (Å²) in [6.07, 6.45) is -0.189. The summed E-state index contributed by atoms with van der Waals surface area (Å²) in [5.41, 5.74) is 4.39. The molecule has 1 aliphatic rings. The monoisotopic (exact) mass is 383 g/mol. The number of ether oxygens (including phenoxy) is 1. The van der Waals surface area contributed by atoms with Crippen LogP contribution in [0.15, 0.2) is 48.5 Å². The molecule has 2 atom stereocenters. The third kappa shape index (κ3) is 4.17. The van der Waals surface area contributed by atoms with Crippen LogP contribution < -0.4 is 5.32 Å². The Labute approximate surface area is 164 Å². The van der Waals surface area contributed by atoms with Gasteiger partial charge >= 0.3 is 12.1 Å². The predicted molar refractivity (Wildman–Crippen MR) is 105 cm³/mol. The standard InChI is InChI=1S/C22H25NO5/c1-2-3-12-19(24)20(21(25)26)23-22(27)28-13-18-16-10-6-4-8-14(16)15-9-5-7-11-17(15)18/h4-11,18-20,24H,2-3,12-13H2,1H3,(H,23,27)(H,25,26)/t19-,20+/m1/s1. The summed E-state index contributed by atoms with van der Waals surface area (Å²) >= 11 is 0. The fraction of sp³-hybridized carbons (Fsp3) is 0.364. The number of aliphatic hydroxyl groups is 1. The summed E-state index contributed by atoms with van der Waals surface area (Å²) < 4.78 is 5.35. The van der Waals surface area contributed by atoms with Gasteiger partial charge in [0.1, 0.15) is 6.61 Å². The molecule has 0 fully saturated rings. The molecule has 1 amide bonds. The summed E-state index contributed by atoms with van der Waals surface area (Å²) in [7, 11) is 0. The van der Waals surface area contributed by atoms with Gasteiger partial charge in [0.05, 0.1) is 6.10 Å². The van der Waals surface area contributed by atoms with Crippen LogP contribution in [0.25, 0.3) is 11.1 Å². The molecule has 0 aliphatic heterocycles. The van der Waals surface area contributed by atoms with Crippen LogP contribution in [0.3, 0.4) is 0 Å². The number of hydrogen-bond acceptors (Lipinski definition) is 4. The van der Waals surface area contributed by atoms with E-state index in [0.717, 1.165) is 28.7 Å². The van der Waals surface area contributed by atoms with Gasteiger partial charge in [0.25, 0.3) is 0 Å². The molecule has 0 unspecified atom stereocenters. The van der Waals surface area contributed by atoms with Crippen LogP contribution in [-0.2, 0) is 9.53 Å². The van der Waals surface area contributed by atoms with E-state index in [9.17, 15) is 19.8 Å². The molecule has 0 bridgehead atoms. The lowest BCUT2D eigenvalue weighted by Gasteiger charge is -2.21. The molecule has 0 radical (unpaired) electrons. The van der Waals surface area contributed by atoms with Crippen LogP contribution in [0, 0.1) is 0 Å². The molecule has 148 valence electrons. The molecule has 6 nitrogen and oxygen atoms in total. The minimum absolute atomic E-state index is 0.0945. The Hall–Kier alpha value is -2.86. The van der Waals surface area contributed by atoms with E-state index in [1.807, 2.05) is 55.5 Å². The van der Waals surface area contributed by atoms with Crippen molar-refractivity contribution in [3.8, 4) is 11.1 Å². The van der Waals surface area contributed by atoms with Gasteiger partial charge in [-0.1, -0.05) is 68.3 Å². The summed E-state index contributed by atoms with van der Waals surface area (Å²) in [5.74, 6) is -1.39. The van der Waals surface area contributed by atoms with E-state index < -0.39 is 24.2 Å². The first-order chi connectivity index (χ1) is 13.5. The Balaban J connectivity index is 1.67. The van der Waals surface area contributed by atoms with Gasteiger partial charge in [-0.15, -0.1) is 0 Å². The lowest BCUT2D eigenvalue weighted by atomic mass is 9.98. The second-order valence-corrected chi connectivity index (χ2v) is 7.00. The third-order valence-corrected chi connectivity index (χ3v) is 5.12. The molecule has 0 saturated heterocycles. The van der Waals surface area contributed by atoms with Crippen molar-refractivity contribution in [2.24, 2.45) is 0 Å². The number of unbranched alkanes of at least 4 members (excludes halogenated alkanes) is 1. The van der Waals surface area contributed by atoms with Gasteiger partial charge in [-0.25, -0.2) is 9.59 Å². The number of aliphatic carboxylic acids is 1. The third-order valence-electron chi connectivity index (χ3n) is 5.12. The van der Waals surface area contributed by atoms with Gasteiger partial charge in [0.2, 0.25) is 0 Å². The fourth-order valence-electron chi connectivity index (χ4n) is 3.67. The van der Waals surface area contributed by atoms with E-state index in [1.165, 1.54) is 0 Å².